The van der Waals surface area contributed by atoms with E-state index in [0.29, 0.717) is 16.4 Å². The van der Waals surface area contributed by atoms with Crippen LogP contribution in [0.25, 0.3) is 0 Å². The summed E-state index contributed by atoms with van der Waals surface area (Å²) in [5.41, 5.74) is 0.794. The molecule has 0 unspecified atom stereocenters. The number of esters is 2. The van der Waals surface area contributed by atoms with Crippen LogP contribution in [0.3, 0.4) is 0 Å². The number of nitrogens with zero attached hydrogens (tertiary/aromatic N) is 1. The van der Waals surface area contributed by atoms with E-state index in [9.17, 15) is 14.4 Å². The molecule has 0 fully saturated rings. The van der Waals surface area contributed by atoms with Gasteiger partial charge in [0.05, 0.1) is 30.5 Å². The number of methoxy groups -OCH3 is 2. The van der Waals surface area contributed by atoms with Crippen molar-refractivity contribution in [3.05, 3.63) is 58.9 Å². The second-order valence-corrected chi connectivity index (χ2v) is 5.57. The summed E-state index contributed by atoms with van der Waals surface area (Å²) in [5.74, 6) is -1.71. The molecule has 0 bridgehead atoms. The maximum atomic E-state index is 12.4. The molecule has 0 atom stereocenters. The molecule has 8 heteroatoms. The Hall–Kier alpha value is -3.06. The maximum Gasteiger partial charge on any atom is 0.355 e. The molecule has 0 saturated heterocycles. The standard InChI is InChI=1S/C18H17ClN2O5/c1-11(22)20-12-7-8-14(19)15(10-12)21-9-5-4-6-13(17(23)25-2)16(21)18(24)26-3/h4-10H,1-3H3,(H,20,22). The molecule has 0 spiro atoms. The van der Waals surface area contributed by atoms with Crippen molar-refractivity contribution in [3.8, 4) is 0 Å². The Kier molecular flexibility index (Phi) is 6.19. The van der Waals surface area contributed by atoms with Crippen LogP contribution in [0.1, 0.15) is 6.92 Å². The van der Waals surface area contributed by atoms with E-state index in [-0.39, 0.29) is 17.2 Å². The Morgan fingerprint density at radius 1 is 1.08 bits per heavy atom. The number of halogens is 1. The van der Waals surface area contributed by atoms with Gasteiger partial charge in [0.1, 0.15) is 5.70 Å². The number of nitrogens with one attached hydrogen (secondary N) is 1. The van der Waals surface area contributed by atoms with E-state index in [0.717, 1.165) is 0 Å². The number of carbonyl (C=O) groups excluding carboxylic acids is 3. The topological polar surface area (TPSA) is 84.9 Å². The zero-order valence-electron chi connectivity index (χ0n) is 14.4. The molecule has 0 aliphatic carbocycles. The van der Waals surface area contributed by atoms with Crippen molar-refractivity contribution < 1.29 is 23.9 Å². The van der Waals surface area contributed by atoms with E-state index in [1.165, 1.54) is 32.1 Å². The summed E-state index contributed by atoms with van der Waals surface area (Å²) in [5, 5.41) is 2.94. The fourth-order valence-corrected chi connectivity index (χ4v) is 2.54. The van der Waals surface area contributed by atoms with Gasteiger partial charge in [-0.05, 0) is 30.4 Å². The van der Waals surface area contributed by atoms with Crippen molar-refractivity contribution in [2.45, 2.75) is 6.92 Å². The molecule has 0 saturated carbocycles. The Bertz CT molecular complexity index is 842. The Morgan fingerprint density at radius 3 is 2.38 bits per heavy atom. The second kappa shape index (κ2) is 8.35. The van der Waals surface area contributed by atoms with Crippen LogP contribution in [0, 0.1) is 0 Å². The van der Waals surface area contributed by atoms with Crippen LogP contribution in [0.5, 0.6) is 0 Å². The highest BCUT2D eigenvalue weighted by Crippen LogP contribution is 2.34. The molecular weight excluding hydrogens is 360 g/mol. The van der Waals surface area contributed by atoms with Gasteiger partial charge in [0, 0.05) is 18.8 Å². The Morgan fingerprint density at radius 2 is 1.77 bits per heavy atom. The maximum absolute atomic E-state index is 12.4. The van der Waals surface area contributed by atoms with Crippen LogP contribution in [-0.4, -0.2) is 32.1 Å². The summed E-state index contributed by atoms with van der Waals surface area (Å²) in [4.78, 5) is 37.3. The zero-order chi connectivity index (χ0) is 19.3. The highest BCUT2D eigenvalue weighted by molar-refractivity contribution is 6.33. The number of carbonyl (C=O) groups is 3. The van der Waals surface area contributed by atoms with Gasteiger partial charge < -0.3 is 19.7 Å². The number of hydrogen-bond acceptors (Lipinski definition) is 6. The van der Waals surface area contributed by atoms with Gasteiger partial charge >= 0.3 is 11.9 Å². The summed E-state index contributed by atoms with van der Waals surface area (Å²) in [6.45, 7) is 1.37. The molecule has 1 heterocycles. The van der Waals surface area contributed by atoms with Crippen LogP contribution >= 0.6 is 11.6 Å². The number of hydrogen-bond donors (Lipinski definition) is 1. The third kappa shape index (κ3) is 4.12. The molecule has 1 aromatic rings. The Balaban J connectivity index is 2.67. The normalized spacial score (nSPS) is 13.3. The molecule has 0 radical (unpaired) electrons. The predicted molar refractivity (Wildman–Crippen MR) is 97.6 cm³/mol. The molecule has 1 aliphatic heterocycles. The molecule has 7 nitrogen and oxygen atoms in total. The van der Waals surface area contributed by atoms with Gasteiger partial charge in [0.25, 0.3) is 0 Å². The van der Waals surface area contributed by atoms with Gasteiger partial charge in [-0.25, -0.2) is 9.59 Å². The van der Waals surface area contributed by atoms with Crippen molar-refractivity contribution in [3.63, 3.8) is 0 Å². The molecule has 1 amide bonds. The molecule has 2 rings (SSSR count). The highest BCUT2D eigenvalue weighted by Gasteiger charge is 2.28. The van der Waals surface area contributed by atoms with Gasteiger partial charge in [-0.15, -0.1) is 0 Å². The zero-order valence-corrected chi connectivity index (χ0v) is 15.2. The minimum Gasteiger partial charge on any atom is -0.465 e. The van der Waals surface area contributed by atoms with E-state index in [4.69, 9.17) is 21.1 Å². The van der Waals surface area contributed by atoms with Crippen molar-refractivity contribution in [1.29, 1.82) is 0 Å². The monoisotopic (exact) mass is 376 g/mol. The van der Waals surface area contributed by atoms with Crippen LogP contribution in [0.4, 0.5) is 11.4 Å². The van der Waals surface area contributed by atoms with E-state index >= 15 is 0 Å². The molecular formula is C18H17ClN2O5. The van der Waals surface area contributed by atoms with E-state index in [1.54, 1.807) is 36.6 Å². The smallest absolute Gasteiger partial charge is 0.355 e. The number of benzene rings is 1. The lowest BCUT2D eigenvalue weighted by molar-refractivity contribution is -0.139. The number of ether oxygens (including phenoxy) is 2. The average molecular weight is 377 g/mol. The number of allylic oxidation sites excluding steroid dienone is 2. The highest BCUT2D eigenvalue weighted by atomic mass is 35.5. The first-order chi connectivity index (χ1) is 12.4. The Labute approximate surface area is 155 Å². The lowest BCUT2D eigenvalue weighted by atomic mass is 10.1. The van der Waals surface area contributed by atoms with Gasteiger partial charge in [0.15, 0.2) is 0 Å². The lowest BCUT2D eigenvalue weighted by Gasteiger charge is -2.24. The summed E-state index contributed by atoms with van der Waals surface area (Å²) in [6.07, 6.45) is 6.21. The first kappa shape index (κ1) is 19.3. The van der Waals surface area contributed by atoms with Crippen molar-refractivity contribution in [1.82, 2.24) is 0 Å². The van der Waals surface area contributed by atoms with Crippen LogP contribution in [0.15, 0.2) is 53.9 Å². The quantitative estimate of drug-likeness (QED) is 0.813. The lowest BCUT2D eigenvalue weighted by Crippen LogP contribution is -2.27. The van der Waals surface area contributed by atoms with E-state index < -0.39 is 11.9 Å². The van der Waals surface area contributed by atoms with Crippen molar-refractivity contribution >= 4 is 40.8 Å². The SMILES string of the molecule is COC(=O)C1=C(C(=O)OC)N(c2cc(NC(C)=O)ccc2Cl)C=CC=C1. The minimum atomic E-state index is -0.748. The van der Waals surface area contributed by atoms with E-state index in [1.807, 2.05) is 0 Å². The summed E-state index contributed by atoms with van der Waals surface area (Å²) >= 11 is 6.29. The molecule has 1 aliphatic rings. The van der Waals surface area contributed by atoms with Gasteiger partial charge in [-0.3, -0.25) is 4.79 Å². The van der Waals surface area contributed by atoms with Crippen LogP contribution < -0.4 is 10.2 Å². The number of rotatable bonds is 4. The largest absolute Gasteiger partial charge is 0.465 e. The van der Waals surface area contributed by atoms with E-state index in [2.05, 4.69) is 5.32 Å². The number of amides is 1. The van der Waals surface area contributed by atoms with Gasteiger partial charge in [-0.1, -0.05) is 17.7 Å². The average Bonchev–Trinajstić information content (AvgIpc) is 2.84. The minimum absolute atomic E-state index is 0.00495. The molecule has 0 aromatic heterocycles. The third-order valence-electron chi connectivity index (χ3n) is 3.42. The van der Waals surface area contributed by atoms with Crippen molar-refractivity contribution in [2.75, 3.05) is 24.4 Å². The fourth-order valence-electron chi connectivity index (χ4n) is 2.33. The first-order valence-corrected chi connectivity index (χ1v) is 7.89. The summed E-state index contributed by atoms with van der Waals surface area (Å²) in [6, 6.07) is 4.77. The molecule has 26 heavy (non-hydrogen) atoms. The molecule has 1 N–H and O–H groups in total. The second-order valence-electron chi connectivity index (χ2n) is 5.16. The third-order valence-corrected chi connectivity index (χ3v) is 3.73. The van der Waals surface area contributed by atoms with Crippen molar-refractivity contribution in [2.24, 2.45) is 0 Å². The summed E-state index contributed by atoms with van der Waals surface area (Å²) < 4.78 is 9.59. The van der Waals surface area contributed by atoms with Crippen LogP contribution in [-0.2, 0) is 23.9 Å². The van der Waals surface area contributed by atoms with Gasteiger partial charge in [0.2, 0.25) is 5.91 Å². The van der Waals surface area contributed by atoms with Crippen LogP contribution in [0.2, 0.25) is 5.02 Å². The molecule has 1 aromatic carbocycles. The number of anilines is 2. The first-order valence-electron chi connectivity index (χ1n) is 7.51. The molecule has 136 valence electrons. The predicted octanol–water partition coefficient (Wildman–Crippen LogP) is 2.79. The van der Waals surface area contributed by atoms with Gasteiger partial charge in [-0.2, -0.15) is 0 Å². The summed E-state index contributed by atoms with van der Waals surface area (Å²) in [7, 11) is 2.42. The fraction of sp³-hybridized carbons (Fsp3) is 0.167.